The highest BCUT2D eigenvalue weighted by molar-refractivity contribution is 7.99. The Labute approximate surface area is 220 Å². The number of amides is 1. The van der Waals surface area contributed by atoms with Gasteiger partial charge in [-0.25, -0.2) is 4.79 Å². The number of esters is 1. The fraction of sp³-hybridized carbons (Fsp3) is 0.167. The Bertz CT molecular complexity index is 1370. The lowest BCUT2D eigenvalue weighted by molar-refractivity contribution is -0.113. The summed E-state index contributed by atoms with van der Waals surface area (Å²) >= 11 is 14.8. The van der Waals surface area contributed by atoms with Gasteiger partial charge in [0, 0.05) is 28.1 Å². The van der Waals surface area contributed by atoms with Crippen molar-refractivity contribution in [2.75, 3.05) is 18.2 Å². The molecule has 0 aliphatic carbocycles. The van der Waals surface area contributed by atoms with Crippen LogP contribution in [0.2, 0.25) is 10.0 Å². The van der Waals surface area contributed by atoms with Crippen molar-refractivity contribution in [3.63, 3.8) is 0 Å². The fourth-order valence-corrected chi connectivity index (χ4v) is 5.53. The van der Waals surface area contributed by atoms with E-state index >= 15 is 0 Å². The van der Waals surface area contributed by atoms with Gasteiger partial charge in [0.25, 0.3) is 0 Å². The third-order valence-corrected chi connectivity index (χ3v) is 7.51. The van der Waals surface area contributed by atoms with Gasteiger partial charge in [-0.15, -0.1) is 21.5 Å². The molecule has 4 rings (SSSR count). The summed E-state index contributed by atoms with van der Waals surface area (Å²) in [6.07, 6.45) is 0. The number of thioether (sulfide) groups is 1. The molecule has 2 heterocycles. The average Bonchev–Trinajstić information content (AvgIpc) is 3.47. The predicted molar refractivity (Wildman–Crippen MR) is 142 cm³/mol. The van der Waals surface area contributed by atoms with Crippen LogP contribution in [0.15, 0.2) is 59.1 Å². The van der Waals surface area contributed by atoms with Crippen molar-refractivity contribution in [3.8, 4) is 22.5 Å². The Morgan fingerprint density at radius 2 is 1.83 bits per heavy atom. The van der Waals surface area contributed by atoms with E-state index in [1.165, 1.54) is 30.2 Å². The van der Waals surface area contributed by atoms with Crippen LogP contribution >= 0.6 is 46.3 Å². The normalized spacial score (nSPS) is 10.9. The molecular weight excluding hydrogens is 527 g/mol. The molecule has 0 aliphatic heterocycles. The summed E-state index contributed by atoms with van der Waals surface area (Å²) in [5.74, 6) is -0.0983. The maximum Gasteiger partial charge on any atom is 0.341 e. The summed E-state index contributed by atoms with van der Waals surface area (Å²) in [4.78, 5) is 25.3. The molecule has 0 aliphatic rings. The van der Waals surface area contributed by atoms with E-state index in [1.54, 1.807) is 18.2 Å². The molecule has 0 unspecified atom stereocenters. The fourth-order valence-electron chi connectivity index (χ4n) is 3.41. The standard InChI is InChI=1S/C24H20Cl2N4O3S2/c1-3-30-21(16-6-4-5-7-18(16)26)28-29-24(30)35-13-19(31)27-22-20(23(32)33-2)17(12-34-22)14-8-10-15(25)11-9-14/h4-12H,3,13H2,1-2H3,(H,27,31). The van der Waals surface area contributed by atoms with Crippen molar-refractivity contribution in [3.05, 3.63) is 69.5 Å². The van der Waals surface area contributed by atoms with Gasteiger partial charge < -0.3 is 14.6 Å². The number of methoxy groups -OCH3 is 1. The van der Waals surface area contributed by atoms with Crippen molar-refractivity contribution >= 4 is 63.2 Å². The second kappa shape index (κ2) is 11.3. The average molecular weight is 547 g/mol. The molecule has 2 aromatic carbocycles. The molecule has 35 heavy (non-hydrogen) atoms. The molecular formula is C24H20Cl2N4O3S2. The van der Waals surface area contributed by atoms with Gasteiger partial charge in [-0.3, -0.25) is 4.79 Å². The minimum Gasteiger partial charge on any atom is -0.465 e. The molecule has 0 spiro atoms. The quantitative estimate of drug-likeness (QED) is 0.200. The van der Waals surface area contributed by atoms with E-state index in [9.17, 15) is 9.59 Å². The molecule has 1 N–H and O–H groups in total. The molecule has 180 valence electrons. The van der Waals surface area contributed by atoms with Gasteiger partial charge in [-0.05, 0) is 36.8 Å². The highest BCUT2D eigenvalue weighted by Crippen LogP contribution is 2.37. The number of ether oxygens (including phenoxy) is 1. The van der Waals surface area contributed by atoms with Crippen molar-refractivity contribution < 1.29 is 14.3 Å². The van der Waals surface area contributed by atoms with E-state index in [0.717, 1.165) is 11.1 Å². The molecule has 11 heteroatoms. The number of carbonyl (C=O) groups excluding carboxylic acids is 2. The lowest BCUT2D eigenvalue weighted by Crippen LogP contribution is -2.16. The lowest BCUT2D eigenvalue weighted by atomic mass is 10.0. The number of halogens is 2. The van der Waals surface area contributed by atoms with Crippen LogP contribution in [0.25, 0.3) is 22.5 Å². The van der Waals surface area contributed by atoms with Crippen LogP contribution < -0.4 is 5.32 Å². The Morgan fingerprint density at radius 1 is 1.09 bits per heavy atom. The first kappa shape index (κ1) is 25.2. The molecule has 1 amide bonds. The number of hydrogen-bond donors (Lipinski definition) is 1. The summed E-state index contributed by atoms with van der Waals surface area (Å²) in [6, 6.07) is 14.5. The minimum atomic E-state index is -0.533. The summed E-state index contributed by atoms with van der Waals surface area (Å²) in [7, 11) is 1.31. The number of benzene rings is 2. The van der Waals surface area contributed by atoms with Gasteiger partial charge in [0.2, 0.25) is 5.91 Å². The lowest BCUT2D eigenvalue weighted by Gasteiger charge is -2.09. The zero-order valence-corrected chi connectivity index (χ0v) is 21.9. The summed E-state index contributed by atoms with van der Waals surface area (Å²) in [5.41, 5.74) is 2.53. The Hall–Kier alpha value is -2.85. The Balaban J connectivity index is 1.51. The minimum absolute atomic E-state index is 0.0788. The van der Waals surface area contributed by atoms with Crippen LogP contribution in [0.4, 0.5) is 5.00 Å². The van der Waals surface area contributed by atoms with Gasteiger partial charge in [0.1, 0.15) is 10.6 Å². The Morgan fingerprint density at radius 3 is 2.51 bits per heavy atom. The SMILES string of the molecule is CCn1c(SCC(=O)Nc2scc(-c3ccc(Cl)cc3)c2C(=O)OC)nnc1-c1ccccc1Cl. The topological polar surface area (TPSA) is 86.1 Å². The number of aromatic nitrogens is 3. The predicted octanol–water partition coefficient (Wildman–Crippen LogP) is 6.52. The van der Waals surface area contributed by atoms with E-state index in [4.69, 9.17) is 27.9 Å². The zero-order valence-electron chi connectivity index (χ0n) is 18.7. The molecule has 0 atom stereocenters. The zero-order chi connectivity index (χ0) is 24.9. The van der Waals surface area contributed by atoms with E-state index in [1.807, 2.05) is 47.2 Å². The third-order valence-electron chi connectivity index (χ3n) is 5.07. The first-order chi connectivity index (χ1) is 16.9. The molecule has 2 aromatic heterocycles. The van der Waals surface area contributed by atoms with Crippen LogP contribution in [-0.2, 0) is 16.1 Å². The van der Waals surface area contributed by atoms with Crippen LogP contribution in [-0.4, -0.2) is 39.5 Å². The van der Waals surface area contributed by atoms with Crippen molar-refractivity contribution in [1.29, 1.82) is 0 Å². The number of nitrogens with one attached hydrogen (secondary N) is 1. The molecule has 0 bridgehead atoms. The highest BCUT2D eigenvalue weighted by Gasteiger charge is 2.23. The number of rotatable bonds is 8. The number of carbonyl (C=O) groups is 2. The smallest absolute Gasteiger partial charge is 0.341 e. The van der Waals surface area contributed by atoms with Crippen molar-refractivity contribution in [2.45, 2.75) is 18.6 Å². The molecule has 0 radical (unpaired) electrons. The number of hydrogen-bond acceptors (Lipinski definition) is 7. The van der Waals surface area contributed by atoms with Gasteiger partial charge in [-0.1, -0.05) is 59.2 Å². The summed E-state index contributed by atoms with van der Waals surface area (Å²) in [5, 5.41) is 15.4. The number of thiophene rings is 1. The number of anilines is 1. The van der Waals surface area contributed by atoms with Gasteiger partial charge in [0.05, 0.1) is 17.9 Å². The molecule has 0 fully saturated rings. The van der Waals surface area contributed by atoms with Crippen LogP contribution in [0.5, 0.6) is 0 Å². The van der Waals surface area contributed by atoms with Gasteiger partial charge >= 0.3 is 5.97 Å². The van der Waals surface area contributed by atoms with E-state index < -0.39 is 5.97 Å². The summed E-state index contributed by atoms with van der Waals surface area (Å²) in [6.45, 7) is 2.58. The van der Waals surface area contributed by atoms with E-state index in [0.29, 0.717) is 43.7 Å². The molecule has 4 aromatic rings. The van der Waals surface area contributed by atoms with Crippen LogP contribution in [0.1, 0.15) is 17.3 Å². The Kier molecular flexibility index (Phi) is 8.12. The first-order valence-electron chi connectivity index (χ1n) is 10.5. The van der Waals surface area contributed by atoms with Crippen LogP contribution in [0.3, 0.4) is 0 Å². The van der Waals surface area contributed by atoms with E-state index in [2.05, 4.69) is 15.5 Å². The number of nitrogens with zero attached hydrogens (tertiary/aromatic N) is 3. The van der Waals surface area contributed by atoms with Gasteiger partial charge in [0.15, 0.2) is 11.0 Å². The van der Waals surface area contributed by atoms with E-state index in [-0.39, 0.29) is 11.7 Å². The maximum absolute atomic E-state index is 12.8. The third kappa shape index (κ3) is 5.54. The molecule has 0 saturated carbocycles. The van der Waals surface area contributed by atoms with Crippen molar-refractivity contribution in [1.82, 2.24) is 14.8 Å². The first-order valence-corrected chi connectivity index (χ1v) is 13.1. The van der Waals surface area contributed by atoms with Crippen molar-refractivity contribution in [2.24, 2.45) is 0 Å². The second-order valence-corrected chi connectivity index (χ2v) is 9.88. The maximum atomic E-state index is 12.8. The monoisotopic (exact) mass is 546 g/mol. The highest BCUT2D eigenvalue weighted by atomic mass is 35.5. The second-order valence-electron chi connectivity index (χ2n) is 7.22. The molecule has 7 nitrogen and oxygen atoms in total. The summed E-state index contributed by atoms with van der Waals surface area (Å²) < 4.78 is 6.88. The van der Waals surface area contributed by atoms with Gasteiger partial charge in [-0.2, -0.15) is 0 Å². The molecule has 0 saturated heterocycles. The largest absolute Gasteiger partial charge is 0.465 e. The van der Waals surface area contributed by atoms with Crippen LogP contribution in [0, 0.1) is 0 Å².